The predicted molar refractivity (Wildman–Crippen MR) is 67.6 cm³/mol. The van der Waals surface area contributed by atoms with Gasteiger partial charge >= 0.3 is 0 Å². The Hall–Kier alpha value is -1.69. The monoisotopic (exact) mass is 266 g/mol. The predicted octanol–water partition coefficient (Wildman–Crippen LogP) is 2.06. The van der Waals surface area contributed by atoms with Crippen LogP contribution in [-0.2, 0) is 4.74 Å². The van der Waals surface area contributed by atoms with E-state index in [1.807, 2.05) is 4.90 Å². The topological polar surface area (TPSA) is 55.6 Å². The summed E-state index contributed by atoms with van der Waals surface area (Å²) >= 11 is 0. The van der Waals surface area contributed by atoms with E-state index in [0.29, 0.717) is 23.4 Å². The molecule has 2 aliphatic rings. The SMILES string of the molecule is COCC1[C@H]2CN(c3ccc([N+](=O)[O-])cc3F)C[C@@H]12. The molecule has 1 aliphatic carbocycles. The van der Waals surface area contributed by atoms with E-state index in [1.165, 1.54) is 12.1 Å². The number of nitrogens with zero attached hydrogens (tertiary/aromatic N) is 2. The fraction of sp³-hybridized carbons (Fsp3) is 0.538. The second-order valence-electron chi connectivity index (χ2n) is 5.24. The van der Waals surface area contributed by atoms with Crippen LogP contribution in [0.25, 0.3) is 0 Å². The minimum atomic E-state index is -0.580. The van der Waals surface area contributed by atoms with Crippen LogP contribution in [0.3, 0.4) is 0 Å². The van der Waals surface area contributed by atoms with E-state index in [2.05, 4.69) is 0 Å². The lowest BCUT2D eigenvalue weighted by Crippen LogP contribution is -2.25. The van der Waals surface area contributed by atoms with Gasteiger partial charge in [0.05, 0.1) is 16.7 Å². The molecule has 1 heterocycles. The number of benzene rings is 1. The van der Waals surface area contributed by atoms with Gasteiger partial charge in [0, 0.05) is 32.9 Å². The molecular formula is C13H15FN2O3. The van der Waals surface area contributed by atoms with Crippen molar-refractivity contribution in [2.75, 3.05) is 31.7 Å². The van der Waals surface area contributed by atoms with Crippen LogP contribution in [0.2, 0.25) is 0 Å². The van der Waals surface area contributed by atoms with E-state index in [-0.39, 0.29) is 5.69 Å². The van der Waals surface area contributed by atoms with Crippen LogP contribution >= 0.6 is 0 Å². The van der Waals surface area contributed by atoms with Crippen LogP contribution in [0.5, 0.6) is 0 Å². The van der Waals surface area contributed by atoms with Crippen molar-refractivity contribution in [1.29, 1.82) is 0 Å². The Labute approximate surface area is 110 Å². The molecule has 1 aliphatic heterocycles. The van der Waals surface area contributed by atoms with E-state index >= 15 is 0 Å². The molecule has 0 aromatic heterocycles. The van der Waals surface area contributed by atoms with E-state index < -0.39 is 10.7 Å². The Bertz CT molecular complexity index is 511. The molecule has 1 unspecified atom stereocenters. The van der Waals surface area contributed by atoms with Crippen LogP contribution in [-0.4, -0.2) is 31.7 Å². The van der Waals surface area contributed by atoms with E-state index in [1.54, 1.807) is 7.11 Å². The average molecular weight is 266 g/mol. The fourth-order valence-corrected chi connectivity index (χ4v) is 3.15. The van der Waals surface area contributed by atoms with Crippen molar-refractivity contribution in [2.45, 2.75) is 0 Å². The molecule has 102 valence electrons. The van der Waals surface area contributed by atoms with Gasteiger partial charge in [-0.25, -0.2) is 4.39 Å². The van der Waals surface area contributed by atoms with Crippen molar-refractivity contribution >= 4 is 11.4 Å². The number of hydrogen-bond donors (Lipinski definition) is 0. The smallest absolute Gasteiger partial charge is 0.272 e. The molecule has 3 rings (SSSR count). The number of hydrogen-bond acceptors (Lipinski definition) is 4. The van der Waals surface area contributed by atoms with Crippen LogP contribution in [0.15, 0.2) is 18.2 Å². The van der Waals surface area contributed by atoms with Crippen LogP contribution in [0.1, 0.15) is 0 Å². The van der Waals surface area contributed by atoms with Gasteiger partial charge in [-0.1, -0.05) is 0 Å². The van der Waals surface area contributed by atoms with E-state index in [0.717, 1.165) is 25.8 Å². The zero-order chi connectivity index (χ0) is 13.6. The molecular weight excluding hydrogens is 251 g/mol. The first-order chi connectivity index (χ1) is 9.11. The molecule has 5 nitrogen and oxygen atoms in total. The van der Waals surface area contributed by atoms with Crippen LogP contribution in [0.4, 0.5) is 15.8 Å². The number of nitro groups is 1. The van der Waals surface area contributed by atoms with Gasteiger partial charge in [0.15, 0.2) is 5.82 Å². The molecule has 1 saturated heterocycles. The molecule has 2 fully saturated rings. The number of halogens is 1. The van der Waals surface area contributed by atoms with Gasteiger partial charge < -0.3 is 9.64 Å². The Morgan fingerprint density at radius 3 is 2.68 bits per heavy atom. The highest BCUT2D eigenvalue weighted by molar-refractivity contribution is 5.54. The number of ether oxygens (including phenoxy) is 1. The number of methoxy groups -OCH3 is 1. The Balaban J connectivity index is 1.71. The second-order valence-corrected chi connectivity index (χ2v) is 5.24. The van der Waals surface area contributed by atoms with E-state index in [4.69, 9.17) is 4.74 Å². The molecule has 1 saturated carbocycles. The number of piperidine rings is 1. The minimum Gasteiger partial charge on any atom is -0.384 e. The molecule has 6 heteroatoms. The first kappa shape index (κ1) is 12.3. The zero-order valence-corrected chi connectivity index (χ0v) is 10.6. The number of anilines is 1. The van der Waals surface area contributed by atoms with Crippen LogP contribution < -0.4 is 4.90 Å². The second kappa shape index (κ2) is 4.45. The Kier molecular flexibility index (Phi) is 2.89. The molecule has 0 N–H and O–H groups in total. The molecule has 0 radical (unpaired) electrons. The third-order valence-electron chi connectivity index (χ3n) is 4.21. The number of non-ortho nitro benzene ring substituents is 1. The molecule has 0 bridgehead atoms. The van der Waals surface area contributed by atoms with Crippen molar-refractivity contribution in [3.63, 3.8) is 0 Å². The third-order valence-corrected chi connectivity index (χ3v) is 4.21. The standard InChI is InChI=1S/C13H15FN2O3/c1-19-7-11-9-5-15(6-10(9)11)13-3-2-8(16(17)18)4-12(13)14/h2-4,9-11H,5-7H2,1H3/t9-,10+,11?. The lowest BCUT2D eigenvalue weighted by Gasteiger charge is -2.22. The van der Waals surface area contributed by atoms with Gasteiger partial charge in [0.2, 0.25) is 0 Å². The third kappa shape index (κ3) is 2.06. The number of fused-ring (bicyclic) bond motifs is 1. The normalized spacial score (nSPS) is 28.3. The average Bonchev–Trinajstić information content (AvgIpc) is 2.84. The Morgan fingerprint density at radius 1 is 1.47 bits per heavy atom. The summed E-state index contributed by atoms with van der Waals surface area (Å²) in [5.74, 6) is 1.24. The molecule has 1 aromatic rings. The summed E-state index contributed by atoms with van der Waals surface area (Å²) in [6.07, 6.45) is 0. The summed E-state index contributed by atoms with van der Waals surface area (Å²) in [4.78, 5) is 12.0. The maximum atomic E-state index is 13.9. The quantitative estimate of drug-likeness (QED) is 0.618. The number of nitro benzene ring substituents is 1. The highest BCUT2D eigenvalue weighted by atomic mass is 19.1. The summed E-state index contributed by atoms with van der Waals surface area (Å²) in [5.41, 5.74) is 0.261. The largest absolute Gasteiger partial charge is 0.384 e. The van der Waals surface area contributed by atoms with Gasteiger partial charge in [0.25, 0.3) is 5.69 Å². The summed E-state index contributed by atoms with van der Waals surface area (Å²) in [7, 11) is 1.70. The van der Waals surface area contributed by atoms with Gasteiger partial charge in [-0.2, -0.15) is 0 Å². The fourth-order valence-electron chi connectivity index (χ4n) is 3.15. The molecule has 1 aromatic carbocycles. The zero-order valence-electron chi connectivity index (χ0n) is 10.6. The first-order valence-electron chi connectivity index (χ1n) is 6.29. The van der Waals surface area contributed by atoms with Crippen molar-refractivity contribution in [3.8, 4) is 0 Å². The lowest BCUT2D eigenvalue weighted by molar-refractivity contribution is -0.385. The van der Waals surface area contributed by atoms with Crippen LogP contribution in [0, 0.1) is 33.7 Å². The van der Waals surface area contributed by atoms with Crippen molar-refractivity contribution in [3.05, 3.63) is 34.1 Å². The molecule has 0 amide bonds. The summed E-state index contributed by atoms with van der Waals surface area (Å²) in [6.45, 7) is 2.40. The van der Waals surface area contributed by atoms with Crippen molar-refractivity contribution in [1.82, 2.24) is 0 Å². The highest BCUT2D eigenvalue weighted by Crippen LogP contribution is 2.52. The van der Waals surface area contributed by atoms with Gasteiger partial charge in [-0.05, 0) is 23.8 Å². The number of rotatable bonds is 4. The molecule has 0 spiro atoms. The highest BCUT2D eigenvalue weighted by Gasteiger charge is 2.55. The van der Waals surface area contributed by atoms with Gasteiger partial charge in [-0.3, -0.25) is 10.1 Å². The maximum Gasteiger partial charge on any atom is 0.272 e. The van der Waals surface area contributed by atoms with E-state index in [9.17, 15) is 14.5 Å². The summed E-state index contributed by atoms with van der Waals surface area (Å²) in [6, 6.07) is 3.85. The molecule has 19 heavy (non-hydrogen) atoms. The summed E-state index contributed by atoms with van der Waals surface area (Å²) in [5, 5.41) is 10.6. The van der Waals surface area contributed by atoms with Gasteiger partial charge in [-0.15, -0.1) is 0 Å². The minimum absolute atomic E-state index is 0.206. The Morgan fingerprint density at radius 2 is 2.16 bits per heavy atom. The first-order valence-corrected chi connectivity index (χ1v) is 6.29. The van der Waals surface area contributed by atoms with Crippen molar-refractivity contribution < 1.29 is 14.1 Å². The van der Waals surface area contributed by atoms with Gasteiger partial charge in [0.1, 0.15) is 0 Å². The summed E-state index contributed by atoms with van der Waals surface area (Å²) < 4.78 is 19.0. The maximum absolute atomic E-state index is 13.9. The lowest BCUT2D eigenvalue weighted by atomic mass is 10.2. The molecule has 3 atom stereocenters. The van der Waals surface area contributed by atoms with Crippen molar-refractivity contribution in [2.24, 2.45) is 17.8 Å².